The largest absolute Gasteiger partial charge is 0.486 e. The van der Waals surface area contributed by atoms with E-state index < -0.39 is 28.5 Å². The lowest BCUT2D eigenvalue weighted by molar-refractivity contribution is -0.140. The fourth-order valence-electron chi connectivity index (χ4n) is 3.95. The van der Waals surface area contributed by atoms with Crippen LogP contribution in [0.15, 0.2) is 36.4 Å². The molecule has 0 aliphatic carbocycles. The van der Waals surface area contributed by atoms with Gasteiger partial charge in [0.05, 0.1) is 11.4 Å². The van der Waals surface area contributed by atoms with Crippen molar-refractivity contribution in [2.24, 2.45) is 0 Å². The Morgan fingerprint density at radius 1 is 1.03 bits per heavy atom. The molecule has 1 atom stereocenters. The summed E-state index contributed by atoms with van der Waals surface area (Å²) < 4.78 is 38.4. The molecule has 0 aromatic heterocycles. The number of ether oxygens (including phenoxy) is 2. The van der Waals surface area contributed by atoms with Gasteiger partial charge in [-0.05, 0) is 50.1 Å². The molecule has 202 valence electrons. The Labute approximate surface area is 227 Å². The van der Waals surface area contributed by atoms with Gasteiger partial charge in [-0.15, -0.1) is 0 Å². The van der Waals surface area contributed by atoms with Gasteiger partial charge in [-0.1, -0.05) is 36.2 Å². The van der Waals surface area contributed by atoms with Gasteiger partial charge >= 0.3 is 0 Å². The summed E-state index contributed by atoms with van der Waals surface area (Å²) in [7, 11) is -3.87. The van der Waals surface area contributed by atoms with E-state index in [-0.39, 0.29) is 23.9 Å². The summed E-state index contributed by atoms with van der Waals surface area (Å²) in [6.07, 6.45) is 0.313. The summed E-state index contributed by atoms with van der Waals surface area (Å²) in [4.78, 5) is 28.0. The molecule has 2 aromatic carbocycles. The fourth-order valence-corrected chi connectivity index (χ4v) is 5.47. The van der Waals surface area contributed by atoms with Crippen LogP contribution in [0.1, 0.15) is 32.8 Å². The lowest BCUT2D eigenvalue weighted by atomic mass is 10.1. The number of carbonyl (C=O) groups excluding carboxylic acids is 2. The number of nitrogens with zero attached hydrogens (tertiary/aromatic N) is 2. The summed E-state index contributed by atoms with van der Waals surface area (Å²) >= 11 is 12.4. The standard InChI is InChI=1S/C25H31Cl2N3O6S/c1-4-21(25(32)28-5-2)29(15-17-7-8-18(26)13-20(17)27)24(31)16-30(37(33,34)6-3)19-9-10-22-23(14-19)36-12-11-35-22/h7-10,13-14,21H,4-6,11-12,15-16H2,1-3H3,(H,28,32)/t21-/m1/s1. The van der Waals surface area contributed by atoms with Crippen molar-refractivity contribution in [3.63, 3.8) is 0 Å². The van der Waals surface area contributed by atoms with Crippen LogP contribution in [0.5, 0.6) is 11.5 Å². The molecule has 12 heteroatoms. The van der Waals surface area contributed by atoms with Crippen molar-refractivity contribution < 1.29 is 27.5 Å². The zero-order valence-corrected chi connectivity index (χ0v) is 23.3. The Morgan fingerprint density at radius 3 is 2.35 bits per heavy atom. The number of hydrogen-bond acceptors (Lipinski definition) is 6. The third kappa shape index (κ3) is 7.00. The summed E-state index contributed by atoms with van der Waals surface area (Å²) in [5.74, 6) is -0.239. The van der Waals surface area contributed by atoms with Crippen LogP contribution in [0.25, 0.3) is 0 Å². The van der Waals surface area contributed by atoms with Gasteiger partial charge in [0, 0.05) is 29.2 Å². The number of amides is 2. The topological polar surface area (TPSA) is 105 Å². The van der Waals surface area contributed by atoms with Gasteiger partial charge in [0.15, 0.2) is 11.5 Å². The molecule has 9 nitrogen and oxygen atoms in total. The van der Waals surface area contributed by atoms with Crippen molar-refractivity contribution in [2.75, 3.05) is 36.4 Å². The number of hydrogen-bond donors (Lipinski definition) is 1. The quantitative estimate of drug-likeness (QED) is 0.439. The maximum Gasteiger partial charge on any atom is 0.244 e. The Bertz CT molecular complexity index is 1240. The van der Waals surface area contributed by atoms with E-state index in [1.165, 1.54) is 17.9 Å². The second kappa shape index (κ2) is 12.7. The number of anilines is 1. The molecule has 1 heterocycles. The fraction of sp³-hybridized carbons (Fsp3) is 0.440. The number of rotatable bonds is 11. The Kier molecular flexibility index (Phi) is 9.92. The van der Waals surface area contributed by atoms with E-state index in [1.807, 2.05) is 0 Å². The third-order valence-electron chi connectivity index (χ3n) is 5.89. The molecule has 3 rings (SSSR count). The van der Waals surface area contributed by atoms with Crippen LogP contribution in [0.2, 0.25) is 10.0 Å². The summed E-state index contributed by atoms with van der Waals surface area (Å²) in [5, 5.41) is 3.52. The third-order valence-corrected chi connectivity index (χ3v) is 8.21. The van der Waals surface area contributed by atoms with Crippen molar-refractivity contribution in [1.29, 1.82) is 0 Å². The Morgan fingerprint density at radius 2 is 1.73 bits per heavy atom. The highest BCUT2D eigenvalue weighted by atomic mass is 35.5. The molecule has 0 radical (unpaired) electrons. The first-order chi connectivity index (χ1) is 17.6. The van der Waals surface area contributed by atoms with E-state index in [4.69, 9.17) is 32.7 Å². The zero-order chi connectivity index (χ0) is 27.2. The molecule has 2 amide bonds. The van der Waals surface area contributed by atoms with E-state index in [0.717, 1.165) is 4.31 Å². The van der Waals surface area contributed by atoms with E-state index in [9.17, 15) is 18.0 Å². The lowest BCUT2D eigenvalue weighted by Crippen LogP contribution is -2.52. The molecule has 37 heavy (non-hydrogen) atoms. The van der Waals surface area contributed by atoms with Crippen LogP contribution in [-0.2, 0) is 26.2 Å². The van der Waals surface area contributed by atoms with Gasteiger partial charge in [-0.3, -0.25) is 13.9 Å². The molecule has 1 aliphatic heterocycles. The van der Waals surface area contributed by atoms with Gasteiger partial charge in [-0.25, -0.2) is 8.42 Å². The minimum absolute atomic E-state index is 0.00831. The molecule has 0 fully saturated rings. The van der Waals surface area contributed by atoms with Crippen LogP contribution >= 0.6 is 23.2 Å². The van der Waals surface area contributed by atoms with Crippen molar-refractivity contribution >= 4 is 50.7 Å². The molecule has 2 aromatic rings. The molecule has 0 bridgehead atoms. The molecular weight excluding hydrogens is 541 g/mol. The highest BCUT2D eigenvalue weighted by Crippen LogP contribution is 2.35. The van der Waals surface area contributed by atoms with Crippen molar-refractivity contribution in [3.8, 4) is 11.5 Å². The highest BCUT2D eigenvalue weighted by molar-refractivity contribution is 7.92. The van der Waals surface area contributed by atoms with Crippen LogP contribution < -0.4 is 19.1 Å². The van der Waals surface area contributed by atoms with Crippen molar-refractivity contribution in [3.05, 3.63) is 52.0 Å². The van der Waals surface area contributed by atoms with Crippen LogP contribution in [0, 0.1) is 0 Å². The van der Waals surface area contributed by atoms with Crippen LogP contribution in [0.4, 0.5) is 5.69 Å². The lowest BCUT2D eigenvalue weighted by Gasteiger charge is -2.33. The minimum atomic E-state index is -3.87. The number of benzene rings is 2. The smallest absolute Gasteiger partial charge is 0.244 e. The molecular formula is C25H31Cl2N3O6S. The van der Waals surface area contributed by atoms with Crippen LogP contribution in [-0.4, -0.2) is 63.2 Å². The van der Waals surface area contributed by atoms with Crippen molar-refractivity contribution in [1.82, 2.24) is 10.2 Å². The van der Waals surface area contributed by atoms with E-state index in [0.29, 0.717) is 53.3 Å². The zero-order valence-electron chi connectivity index (χ0n) is 21.0. The predicted octanol–water partition coefficient (Wildman–Crippen LogP) is 3.86. The SMILES string of the molecule is CCNC(=O)[C@@H](CC)N(Cc1ccc(Cl)cc1Cl)C(=O)CN(c1ccc2c(c1)OCCO2)S(=O)(=O)CC. The minimum Gasteiger partial charge on any atom is -0.486 e. The Balaban J connectivity index is 2.00. The molecule has 0 unspecified atom stereocenters. The van der Waals surface area contributed by atoms with E-state index in [1.54, 1.807) is 44.2 Å². The molecule has 1 N–H and O–H groups in total. The predicted molar refractivity (Wildman–Crippen MR) is 144 cm³/mol. The number of likely N-dealkylation sites (N-methyl/N-ethyl adjacent to an activating group) is 1. The normalized spacial score (nSPS) is 13.5. The van der Waals surface area contributed by atoms with Gasteiger partial charge in [0.2, 0.25) is 21.8 Å². The van der Waals surface area contributed by atoms with Crippen LogP contribution in [0.3, 0.4) is 0 Å². The molecule has 0 saturated heterocycles. The van der Waals surface area contributed by atoms with Gasteiger partial charge in [-0.2, -0.15) is 0 Å². The highest BCUT2D eigenvalue weighted by Gasteiger charge is 2.33. The summed E-state index contributed by atoms with van der Waals surface area (Å²) in [5.41, 5.74) is 0.835. The first-order valence-corrected chi connectivity index (χ1v) is 14.4. The van der Waals surface area contributed by atoms with Crippen molar-refractivity contribution in [2.45, 2.75) is 39.8 Å². The maximum absolute atomic E-state index is 13.8. The average Bonchev–Trinajstić information content (AvgIpc) is 2.88. The molecule has 0 saturated carbocycles. The van der Waals surface area contributed by atoms with E-state index in [2.05, 4.69) is 5.32 Å². The summed E-state index contributed by atoms with van der Waals surface area (Å²) in [6.45, 7) is 5.64. The average molecular weight is 573 g/mol. The number of nitrogens with one attached hydrogen (secondary N) is 1. The maximum atomic E-state index is 13.8. The van der Waals surface area contributed by atoms with Gasteiger partial charge < -0.3 is 19.7 Å². The van der Waals surface area contributed by atoms with Gasteiger partial charge in [0.25, 0.3) is 0 Å². The number of halogens is 2. The van der Waals surface area contributed by atoms with Gasteiger partial charge in [0.1, 0.15) is 25.8 Å². The summed E-state index contributed by atoms with van der Waals surface area (Å²) in [6, 6.07) is 8.74. The van der Waals surface area contributed by atoms with E-state index >= 15 is 0 Å². The second-order valence-electron chi connectivity index (χ2n) is 8.31. The molecule has 0 spiro atoms. The monoisotopic (exact) mass is 571 g/mol. The number of carbonyl (C=O) groups is 2. The second-order valence-corrected chi connectivity index (χ2v) is 11.3. The first kappa shape index (κ1) is 28.9. The number of fused-ring (bicyclic) bond motifs is 1. The first-order valence-electron chi connectivity index (χ1n) is 12.0. The Hall–Kier alpha value is -2.69. The molecule has 1 aliphatic rings. The number of sulfonamides is 1.